The molecule has 8 heteroatoms. The maximum atomic E-state index is 5.32. The Labute approximate surface area is 183 Å². The van der Waals surface area contributed by atoms with E-state index in [-0.39, 0.29) is 11.1 Å². The van der Waals surface area contributed by atoms with Crippen LogP contribution >= 0.6 is 24.4 Å². The third kappa shape index (κ3) is 13.5. The highest BCUT2D eigenvalue weighted by Crippen LogP contribution is 2.03. The van der Waals surface area contributed by atoms with Gasteiger partial charge in [0.15, 0.2) is 10.2 Å². The molecule has 0 unspecified atom stereocenters. The molecule has 0 aromatic carbocycles. The summed E-state index contributed by atoms with van der Waals surface area (Å²) in [6.45, 7) is 21.4. The van der Waals surface area contributed by atoms with Crippen molar-refractivity contribution in [2.24, 2.45) is 0 Å². The molecule has 4 N–H and O–H groups in total. The number of piperazine rings is 1. The summed E-state index contributed by atoms with van der Waals surface area (Å²) in [4.78, 5) is 5.11. The van der Waals surface area contributed by atoms with Gasteiger partial charge in [-0.3, -0.25) is 0 Å². The lowest BCUT2D eigenvalue weighted by Crippen LogP contribution is -2.49. The van der Waals surface area contributed by atoms with Crippen LogP contribution in [0.5, 0.6) is 0 Å². The number of thiocarbonyl (C=S) groups is 2. The molecule has 28 heavy (non-hydrogen) atoms. The van der Waals surface area contributed by atoms with Gasteiger partial charge in [-0.2, -0.15) is 0 Å². The van der Waals surface area contributed by atoms with Crippen molar-refractivity contribution in [1.29, 1.82) is 0 Å². The van der Waals surface area contributed by atoms with E-state index in [0.717, 1.165) is 75.4 Å². The third-order valence-corrected chi connectivity index (χ3v) is 4.81. The largest absolute Gasteiger partial charge is 0.363 e. The molecule has 1 aliphatic rings. The second-order valence-corrected chi connectivity index (χ2v) is 10.5. The van der Waals surface area contributed by atoms with Crippen molar-refractivity contribution in [3.05, 3.63) is 0 Å². The van der Waals surface area contributed by atoms with Gasteiger partial charge in [-0.15, -0.1) is 0 Å². The fourth-order valence-electron chi connectivity index (χ4n) is 3.02. The lowest BCUT2D eigenvalue weighted by atomic mass is 10.1. The quantitative estimate of drug-likeness (QED) is 0.344. The van der Waals surface area contributed by atoms with Crippen LogP contribution in [0.4, 0.5) is 0 Å². The standard InChI is InChI=1S/C20H42N6S2/c1-19(2,3)23-17(27)21-9-7-11-25-13-15-26(16-14-25)12-8-10-22-18(28)24-20(4,5)6/h7-16H2,1-6H3,(H2,21,23,27)(H2,22,24,28). The average molecular weight is 431 g/mol. The van der Waals surface area contributed by atoms with Crippen molar-refractivity contribution in [2.75, 3.05) is 52.4 Å². The highest BCUT2D eigenvalue weighted by molar-refractivity contribution is 7.80. The Hall–Kier alpha value is -0.700. The monoisotopic (exact) mass is 430 g/mol. The fraction of sp³-hybridized carbons (Fsp3) is 0.900. The van der Waals surface area contributed by atoms with Crippen LogP contribution in [-0.2, 0) is 0 Å². The van der Waals surface area contributed by atoms with Crippen molar-refractivity contribution in [3.63, 3.8) is 0 Å². The second kappa shape index (κ2) is 12.1. The summed E-state index contributed by atoms with van der Waals surface area (Å²) in [6, 6.07) is 0. The highest BCUT2D eigenvalue weighted by atomic mass is 32.1. The van der Waals surface area contributed by atoms with Crippen molar-refractivity contribution in [1.82, 2.24) is 31.1 Å². The van der Waals surface area contributed by atoms with E-state index in [4.69, 9.17) is 24.4 Å². The van der Waals surface area contributed by atoms with Gasteiger partial charge in [0, 0.05) is 50.3 Å². The molecule has 0 aromatic heterocycles. The molecule has 0 aromatic rings. The van der Waals surface area contributed by atoms with Crippen LogP contribution in [0.25, 0.3) is 0 Å². The number of hydrogen-bond donors (Lipinski definition) is 4. The smallest absolute Gasteiger partial charge is 0.166 e. The molecule has 1 saturated heterocycles. The van der Waals surface area contributed by atoms with Crippen LogP contribution in [0.3, 0.4) is 0 Å². The Morgan fingerprint density at radius 3 is 1.29 bits per heavy atom. The number of nitrogens with zero attached hydrogens (tertiary/aromatic N) is 2. The van der Waals surface area contributed by atoms with Crippen LogP contribution < -0.4 is 21.3 Å². The van der Waals surface area contributed by atoms with Crippen LogP contribution in [0, 0.1) is 0 Å². The minimum Gasteiger partial charge on any atom is -0.363 e. The van der Waals surface area contributed by atoms with Crippen LogP contribution in [-0.4, -0.2) is 83.5 Å². The average Bonchev–Trinajstić information content (AvgIpc) is 2.53. The van der Waals surface area contributed by atoms with Gasteiger partial charge in [0.05, 0.1) is 0 Å². The molecule has 0 aliphatic carbocycles. The zero-order valence-electron chi connectivity index (χ0n) is 18.8. The van der Waals surface area contributed by atoms with Crippen molar-refractivity contribution in [2.45, 2.75) is 65.5 Å². The lowest BCUT2D eigenvalue weighted by molar-refractivity contribution is 0.131. The van der Waals surface area contributed by atoms with Crippen molar-refractivity contribution in [3.8, 4) is 0 Å². The molecule has 0 saturated carbocycles. The minimum absolute atomic E-state index is 0.0178. The minimum atomic E-state index is 0.0178. The summed E-state index contributed by atoms with van der Waals surface area (Å²) in [6.07, 6.45) is 2.24. The first kappa shape index (κ1) is 25.3. The zero-order valence-corrected chi connectivity index (χ0v) is 20.4. The van der Waals surface area contributed by atoms with Gasteiger partial charge in [0.1, 0.15) is 0 Å². The van der Waals surface area contributed by atoms with Gasteiger partial charge in [-0.05, 0) is 91.9 Å². The van der Waals surface area contributed by atoms with Gasteiger partial charge in [0.2, 0.25) is 0 Å². The molecule has 0 bridgehead atoms. The van der Waals surface area contributed by atoms with E-state index < -0.39 is 0 Å². The van der Waals surface area contributed by atoms with E-state index in [9.17, 15) is 0 Å². The molecule has 1 aliphatic heterocycles. The molecule has 6 nitrogen and oxygen atoms in total. The maximum absolute atomic E-state index is 5.32. The normalized spacial score (nSPS) is 16.5. The number of rotatable bonds is 8. The molecule has 0 radical (unpaired) electrons. The second-order valence-electron chi connectivity index (χ2n) is 9.65. The number of nitrogens with one attached hydrogen (secondary N) is 4. The van der Waals surface area contributed by atoms with Gasteiger partial charge < -0.3 is 31.1 Å². The summed E-state index contributed by atoms with van der Waals surface area (Å²) >= 11 is 10.6. The van der Waals surface area contributed by atoms with Crippen LogP contribution in [0.1, 0.15) is 54.4 Å². The molecule has 1 heterocycles. The summed E-state index contributed by atoms with van der Waals surface area (Å²) in [5, 5.41) is 14.7. The molecule has 1 fully saturated rings. The zero-order chi connectivity index (χ0) is 21.2. The SMILES string of the molecule is CC(C)(C)NC(=S)NCCCN1CCN(CCCNC(=S)NC(C)(C)C)CC1. The lowest BCUT2D eigenvalue weighted by Gasteiger charge is -2.34. The highest BCUT2D eigenvalue weighted by Gasteiger charge is 2.16. The van der Waals surface area contributed by atoms with E-state index >= 15 is 0 Å². The Morgan fingerprint density at radius 2 is 1.00 bits per heavy atom. The summed E-state index contributed by atoms with van der Waals surface area (Å²) < 4.78 is 0. The summed E-state index contributed by atoms with van der Waals surface area (Å²) in [5.74, 6) is 0. The molecule has 0 atom stereocenters. The van der Waals surface area contributed by atoms with Crippen molar-refractivity contribution < 1.29 is 0 Å². The third-order valence-electron chi connectivity index (χ3n) is 4.32. The number of hydrogen-bond acceptors (Lipinski definition) is 4. The molecule has 1 rings (SSSR count). The van der Waals surface area contributed by atoms with E-state index in [0.29, 0.717) is 0 Å². The molecule has 0 spiro atoms. The molecule has 164 valence electrons. The van der Waals surface area contributed by atoms with Crippen LogP contribution in [0.2, 0.25) is 0 Å². The van der Waals surface area contributed by atoms with E-state index in [1.165, 1.54) is 0 Å². The Morgan fingerprint density at radius 1 is 0.679 bits per heavy atom. The Balaban J connectivity index is 2.03. The Kier molecular flexibility index (Phi) is 10.9. The maximum Gasteiger partial charge on any atom is 0.166 e. The molecular formula is C20H42N6S2. The van der Waals surface area contributed by atoms with E-state index in [1.54, 1.807) is 0 Å². The van der Waals surface area contributed by atoms with Gasteiger partial charge in [-0.1, -0.05) is 0 Å². The predicted molar refractivity (Wildman–Crippen MR) is 129 cm³/mol. The summed E-state index contributed by atoms with van der Waals surface area (Å²) in [5.41, 5.74) is 0.0356. The first-order valence-corrected chi connectivity index (χ1v) is 11.3. The molecular weight excluding hydrogens is 388 g/mol. The van der Waals surface area contributed by atoms with E-state index in [2.05, 4.69) is 72.6 Å². The van der Waals surface area contributed by atoms with Gasteiger partial charge >= 0.3 is 0 Å². The topological polar surface area (TPSA) is 54.6 Å². The van der Waals surface area contributed by atoms with Gasteiger partial charge in [0.25, 0.3) is 0 Å². The first-order chi connectivity index (χ1) is 12.9. The Bertz CT molecular complexity index is 432. The first-order valence-electron chi connectivity index (χ1n) is 10.5. The molecule has 0 amide bonds. The van der Waals surface area contributed by atoms with Crippen molar-refractivity contribution >= 4 is 34.7 Å². The summed E-state index contributed by atoms with van der Waals surface area (Å²) in [7, 11) is 0. The predicted octanol–water partition coefficient (Wildman–Crippen LogP) is 1.91. The van der Waals surface area contributed by atoms with Crippen LogP contribution in [0.15, 0.2) is 0 Å². The van der Waals surface area contributed by atoms with Gasteiger partial charge in [-0.25, -0.2) is 0 Å². The fourth-order valence-corrected chi connectivity index (χ4v) is 3.83. The van der Waals surface area contributed by atoms with E-state index in [1.807, 2.05) is 0 Å².